The van der Waals surface area contributed by atoms with Gasteiger partial charge < -0.3 is 10.4 Å². The number of carbonyl (C=O) groups excluding carboxylic acids is 1. The fourth-order valence-electron chi connectivity index (χ4n) is 0.925. The lowest BCUT2D eigenvalue weighted by atomic mass is 10.2. The Balaban J connectivity index is 2.84. The molecular weight excluding hydrogens is 274 g/mol. The second-order valence-corrected chi connectivity index (χ2v) is 3.80. The molecule has 5 nitrogen and oxygen atoms in total. The van der Waals surface area contributed by atoms with E-state index in [4.69, 9.17) is 10.4 Å². The number of nitrogens with one attached hydrogen (secondary N) is 1. The second kappa shape index (κ2) is 5.28. The standard InChI is InChI=1S/C10H8BrN3O2/c1-6(15)8(4-12)10(16)14-9-3-2-7(11)5-13-9/h2-3,5,15H,1H3,(H,13,14,16)/b8-6-. The number of halogens is 1. The van der Waals surface area contributed by atoms with Gasteiger partial charge >= 0.3 is 0 Å². The van der Waals surface area contributed by atoms with Gasteiger partial charge in [0.15, 0.2) is 5.57 Å². The number of nitrogens with zero attached hydrogens (tertiary/aromatic N) is 2. The van der Waals surface area contributed by atoms with E-state index in [2.05, 4.69) is 26.2 Å². The van der Waals surface area contributed by atoms with Gasteiger partial charge in [0.25, 0.3) is 5.91 Å². The van der Waals surface area contributed by atoms with Crippen LogP contribution in [0.2, 0.25) is 0 Å². The highest BCUT2D eigenvalue weighted by Gasteiger charge is 2.12. The molecule has 0 radical (unpaired) electrons. The first-order valence-electron chi connectivity index (χ1n) is 4.27. The van der Waals surface area contributed by atoms with Crippen molar-refractivity contribution >= 4 is 27.7 Å². The molecule has 0 unspecified atom stereocenters. The molecule has 2 N–H and O–H groups in total. The molecule has 0 aliphatic carbocycles. The Kier molecular flexibility index (Phi) is 4.03. The van der Waals surface area contributed by atoms with Crippen molar-refractivity contribution in [1.29, 1.82) is 5.26 Å². The number of rotatable bonds is 2. The minimum atomic E-state index is -0.683. The molecular formula is C10H8BrN3O2. The van der Waals surface area contributed by atoms with E-state index in [9.17, 15) is 4.79 Å². The first-order valence-corrected chi connectivity index (χ1v) is 5.06. The van der Waals surface area contributed by atoms with Crippen molar-refractivity contribution in [2.24, 2.45) is 0 Å². The summed E-state index contributed by atoms with van der Waals surface area (Å²) < 4.78 is 0.778. The van der Waals surface area contributed by atoms with Crippen LogP contribution >= 0.6 is 15.9 Å². The third-order valence-electron chi connectivity index (χ3n) is 1.67. The van der Waals surface area contributed by atoms with Crippen LogP contribution < -0.4 is 5.32 Å². The maximum absolute atomic E-state index is 11.5. The number of amides is 1. The second-order valence-electron chi connectivity index (χ2n) is 2.89. The summed E-state index contributed by atoms with van der Waals surface area (Å²) in [6, 6.07) is 4.89. The molecule has 0 spiro atoms. The monoisotopic (exact) mass is 281 g/mol. The maximum atomic E-state index is 11.5. The van der Waals surface area contributed by atoms with Crippen LogP contribution in [0.3, 0.4) is 0 Å². The normalized spacial score (nSPS) is 11.3. The number of allylic oxidation sites excluding steroid dienone is 1. The number of pyridine rings is 1. The quantitative estimate of drug-likeness (QED) is 0.494. The molecule has 0 saturated carbocycles. The highest BCUT2D eigenvalue weighted by molar-refractivity contribution is 9.10. The van der Waals surface area contributed by atoms with Crippen LogP contribution in [0.25, 0.3) is 0 Å². The van der Waals surface area contributed by atoms with E-state index < -0.39 is 5.91 Å². The van der Waals surface area contributed by atoms with E-state index in [1.807, 2.05) is 0 Å². The van der Waals surface area contributed by atoms with Gasteiger partial charge in [-0.05, 0) is 35.0 Å². The molecule has 1 rings (SSSR count). The van der Waals surface area contributed by atoms with Crippen LogP contribution in [0.4, 0.5) is 5.82 Å². The van der Waals surface area contributed by atoms with E-state index in [0.29, 0.717) is 5.82 Å². The van der Waals surface area contributed by atoms with Crippen molar-refractivity contribution in [3.05, 3.63) is 34.1 Å². The number of hydrogen-bond donors (Lipinski definition) is 2. The van der Waals surface area contributed by atoms with E-state index in [1.165, 1.54) is 13.1 Å². The average molecular weight is 282 g/mol. The van der Waals surface area contributed by atoms with E-state index in [0.717, 1.165) is 4.47 Å². The van der Waals surface area contributed by atoms with Gasteiger partial charge in [0, 0.05) is 10.7 Å². The molecule has 0 bridgehead atoms. The minimum absolute atomic E-state index is 0.308. The summed E-state index contributed by atoms with van der Waals surface area (Å²) >= 11 is 3.20. The highest BCUT2D eigenvalue weighted by atomic mass is 79.9. The van der Waals surface area contributed by atoms with Crippen molar-refractivity contribution in [3.8, 4) is 6.07 Å². The van der Waals surface area contributed by atoms with Gasteiger partial charge in [0.2, 0.25) is 0 Å². The molecule has 0 aliphatic rings. The summed E-state index contributed by atoms with van der Waals surface area (Å²) in [6.07, 6.45) is 1.51. The molecule has 1 amide bonds. The predicted molar refractivity (Wildman–Crippen MR) is 61.5 cm³/mol. The third kappa shape index (κ3) is 3.07. The Morgan fingerprint density at radius 3 is 2.75 bits per heavy atom. The summed E-state index contributed by atoms with van der Waals surface area (Å²) in [6.45, 7) is 1.27. The molecule has 0 fully saturated rings. The van der Waals surface area contributed by atoms with Crippen LogP contribution in [-0.4, -0.2) is 16.0 Å². The summed E-state index contributed by atoms with van der Waals surface area (Å²) in [7, 11) is 0. The fraction of sp³-hybridized carbons (Fsp3) is 0.100. The van der Waals surface area contributed by atoms with Crippen LogP contribution in [0.5, 0.6) is 0 Å². The Bertz CT molecular complexity index is 470. The van der Waals surface area contributed by atoms with Gasteiger partial charge in [-0.25, -0.2) is 4.98 Å². The van der Waals surface area contributed by atoms with E-state index >= 15 is 0 Å². The number of carbonyl (C=O) groups is 1. The largest absolute Gasteiger partial charge is 0.511 e. The number of aliphatic hydroxyl groups is 1. The first kappa shape index (κ1) is 12.2. The number of hydrogen-bond acceptors (Lipinski definition) is 4. The summed E-state index contributed by atoms with van der Waals surface area (Å²) in [5.74, 6) is -0.698. The smallest absolute Gasteiger partial charge is 0.270 e. The molecule has 1 aromatic heterocycles. The lowest BCUT2D eigenvalue weighted by molar-refractivity contribution is -0.112. The number of anilines is 1. The Morgan fingerprint density at radius 1 is 1.62 bits per heavy atom. The summed E-state index contributed by atoms with van der Waals surface area (Å²) in [5, 5.41) is 20.1. The highest BCUT2D eigenvalue weighted by Crippen LogP contribution is 2.11. The number of aliphatic hydroxyl groups excluding tert-OH is 1. The van der Waals surface area contributed by atoms with E-state index in [1.54, 1.807) is 18.2 Å². The SMILES string of the molecule is C/C(O)=C(\C#N)C(=O)Nc1ccc(Br)cn1. The van der Waals surface area contributed by atoms with Gasteiger partial charge in [0.05, 0.1) is 0 Å². The Labute approximate surface area is 101 Å². The van der Waals surface area contributed by atoms with Crippen molar-refractivity contribution in [2.75, 3.05) is 5.32 Å². The van der Waals surface area contributed by atoms with Crippen LogP contribution in [0.1, 0.15) is 6.92 Å². The number of nitriles is 1. The van der Waals surface area contributed by atoms with Crippen LogP contribution in [0, 0.1) is 11.3 Å². The van der Waals surface area contributed by atoms with Gasteiger partial charge in [-0.3, -0.25) is 4.79 Å². The van der Waals surface area contributed by atoms with Crippen molar-refractivity contribution in [3.63, 3.8) is 0 Å². The topological polar surface area (TPSA) is 86.0 Å². The van der Waals surface area contributed by atoms with Gasteiger partial charge in [-0.15, -0.1) is 0 Å². The van der Waals surface area contributed by atoms with Gasteiger partial charge in [-0.2, -0.15) is 5.26 Å². The van der Waals surface area contributed by atoms with Crippen LogP contribution in [-0.2, 0) is 4.79 Å². The van der Waals surface area contributed by atoms with Crippen molar-refractivity contribution in [1.82, 2.24) is 4.98 Å². The zero-order valence-electron chi connectivity index (χ0n) is 8.36. The summed E-state index contributed by atoms with van der Waals surface area (Å²) in [4.78, 5) is 15.4. The molecule has 0 aromatic carbocycles. The van der Waals surface area contributed by atoms with E-state index in [-0.39, 0.29) is 11.3 Å². The average Bonchev–Trinajstić information content (AvgIpc) is 2.22. The molecule has 16 heavy (non-hydrogen) atoms. The molecule has 0 saturated heterocycles. The van der Waals surface area contributed by atoms with Gasteiger partial charge in [-0.1, -0.05) is 0 Å². The van der Waals surface area contributed by atoms with Crippen molar-refractivity contribution in [2.45, 2.75) is 6.92 Å². The molecule has 0 aliphatic heterocycles. The lowest BCUT2D eigenvalue weighted by Gasteiger charge is -2.03. The number of aromatic nitrogens is 1. The van der Waals surface area contributed by atoms with Crippen LogP contribution in [0.15, 0.2) is 34.1 Å². The maximum Gasteiger partial charge on any atom is 0.270 e. The fourth-order valence-corrected chi connectivity index (χ4v) is 1.16. The first-order chi connectivity index (χ1) is 7.54. The zero-order valence-corrected chi connectivity index (χ0v) is 9.95. The Hall–Kier alpha value is -1.87. The minimum Gasteiger partial charge on any atom is -0.511 e. The Morgan fingerprint density at radius 2 is 2.31 bits per heavy atom. The third-order valence-corrected chi connectivity index (χ3v) is 2.14. The predicted octanol–water partition coefficient (Wildman–Crippen LogP) is 2.14. The molecule has 82 valence electrons. The lowest BCUT2D eigenvalue weighted by Crippen LogP contribution is -2.15. The van der Waals surface area contributed by atoms with Crippen molar-refractivity contribution < 1.29 is 9.90 Å². The molecule has 0 atom stereocenters. The zero-order chi connectivity index (χ0) is 12.1. The molecule has 1 aromatic rings. The molecule has 1 heterocycles. The summed E-state index contributed by atoms with van der Waals surface area (Å²) in [5.41, 5.74) is -0.329. The molecule has 6 heteroatoms. The van der Waals surface area contributed by atoms with Gasteiger partial charge in [0.1, 0.15) is 17.6 Å².